The van der Waals surface area contributed by atoms with E-state index in [1.807, 2.05) is 30.5 Å². The van der Waals surface area contributed by atoms with Crippen LogP contribution in [0.5, 0.6) is 0 Å². The van der Waals surface area contributed by atoms with Gasteiger partial charge in [0.2, 0.25) is 0 Å². The minimum absolute atomic E-state index is 1.04. The molecule has 1 aromatic heterocycles. The fraction of sp³-hybridized carbons (Fsp3) is 0.0556. The molecule has 1 heteroatoms. The highest BCUT2D eigenvalue weighted by atomic mass is 14.7. The van der Waals surface area contributed by atoms with Crippen molar-refractivity contribution in [1.29, 1.82) is 0 Å². The number of hydrogen-bond donors (Lipinski definition) is 0. The summed E-state index contributed by atoms with van der Waals surface area (Å²) in [5.41, 5.74) is 5.90. The van der Waals surface area contributed by atoms with Crippen LogP contribution in [0, 0.1) is 6.92 Å². The van der Waals surface area contributed by atoms with Crippen LogP contribution in [-0.4, -0.2) is 4.98 Å². The van der Waals surface area contributed by atoms with E-state index in [-0.39, 0.29) is 0 Å². The fourth-order valence-corrected chi connectivity index (χ4v) is 2.32. The van der Waals surface area contributed by atoms with Gasteiger partial charge in [0.1, 0.15) is 0 Å². The summed E-state index contributed by atoms with van der Waals surface area (Å²) in [6.45, 7) is 2.14. The lowest BCUT2D eigenvalue weighted by atomic mass is 9.96. The summed E-state index contributed by atoms with van der Waals surface area (Å²) in [7, 11) is 0. The van der Waals surface area contributed by atoms with Crippen molar-refractivity contribution in [2.24, 2.45) is 0 Å². The van der Waals surface area contributed by atoms with Crippen molar-refractivity contribution >= 4 is 0 Å². The van der Waals surface area contributed by atoms with Gasteiger partial charge in [-0.15, -0.1) is 0 Å². The summed E-state index contributed by atoms with van der Waals surface area (Å²) in [6, 6.07) is 22.9. The Balaban J connectivity index is 2.21. The Labute approximate surface area is 113 Å². The van der Waals surface area contributed by atoms with E-state index < -0.39 is 0 Å². The van der Waals surface area contributed by atoms with E-state index in [9.17, 15) is 0 Å². The lowest BCUT2D eigenvalue weighted by Gasteiger charge is -2.11. The second kappa shape index (κ2) is 5.07. The zero-order valence-corrected chi connectivity index (χ0v) is 10.9. The minimum Gasteiger partial charge on any atom is -0.256 e. The second-order valence-electron chi connectivity index (χ2n) is 4.58. The standard InChI is InChI=1S/C18H15N/c1-14-8-5-6-11-16(14)17-12-7-13-19-18(17)15-9-3-2-4-10-15/h2-13H,1H3. The summed E-state index contributed by atoms with van der Waals surface area (Å²) in [4.78, 5) is 4.57. The van der Waals surface area contributed by atoms with Crippen LogP contribution in [0.3, 0.4) is 0 Å². The maximum Gasteiger partial charge on any atom is 0.0780 e. The molecule has 0 atom stereocenters. The molecule has 0 aliphatic rings. The van der Waals surface area contributed by atoms with E-state index in [2.05, 4.69) is 54.4 Å². The summed E-state index contributed by atoms with van der Waals surface area (Å²) in [5.74, 6) is 0. The topological polar surface area (TPSA) is 12.9 Å². The molecular formula is C18H15N. The molecule has 1 heterocycles. The van der Waals surface area contributed by atoms with Gasteiger partial charge in [0.15, 0.2) is 0 Å². The van der Waals surface area contributed by atoms with Crippen LogP contribution in [0.15, 0.2) is 72.9 Å². The van der Waals surface area contributed by atoms with Crippen molar-refractivity contribution in [2.45, 2.75) is 6.92 Å². The third-order valence-electron chi connectivity index (χ3n) is 3.29. The van der Waals surface area contributed by atoms with Gasteiger partial charge in [-0.25, -0.2) is 0 Å². The van der Waals surface area contributed by atoms with Crippen LogP contribution in [0.1, 0.15) is 5.56 Å². The van der Waals surface area contributed by atoms with Crippen LogP contribution in [0.2, 0.25) is 0 Å². The highest BCUT2D eigenvalue weighted by Gasteiger charge is 2.09. The van der Waals surface area contributed by atoms with Crippen molar-refractivity contribution < 1.29 is 0 Å². The number of aryl methyl sites for hydroxylation is 1. The maximum absolute atomic E-state index is 4.57. The highest BCUT2D eigenvalue weighted by molar-refractivity contribution is 5.81. The average Bonchev–Trinajstić information content (AvgIpc) is 2.49. The van der Waals surface area contributed by atoms with Gasteiger partial charge in [0.25, 0.3) is 0 Å². The Morgan fingerprint density at radius 3 is 2.16 bits per heavy atom. The van der Waals surface area contributed by atoms with Crippen molar-refractivity contribution in [1.82, 2.24) is 4.98 Å². The number of aromatic nitrogens is 1. The Morgan fingerprint density at radius 1 is 0.684 bits per heavy atom. The molecule has 19 heavy (non-hydrogen) atoms. The van der Waals surface area contributed by atoms with Crippen molar-refractivity contribution in [3.05, 3.63) is 78.5 Å². The summed E-state index contributed by atoms with van der Waals surface area (Å²) < 4.78 is 0. The highest BCUT2D eigenvalue weighted by Crippen LogP contribution is 2.31. The van der Waals surface area contributed by atoms with E-state index >= 15 is 0 Å². The molecular weight excluding hydrogens is 230 g/mol. The van der Waals surface area contributed by atoms with Crippen LogP contribution in [0.25, 0.3) is 22.4 Å². The molecule has 0 unspecified atom stereocenters. The zero-order chi connectivity index (χ0) is 13.1. The molecule has 0 radical (unpaired) electrons. The first-order valence-electron chi connectivity index (χ1n) is 6.43. The van der Waals surface area contributed by atoms with E-state index in [0.717, 1.165) is 11.3 Å². The third kappa shape index (κ3) is 2.27. The molecule has 0 fully saturated rings. The second-order valence-corrected chi connectivity index (χ2v) is 4.58. The maximum atomic E-state index is 4.57. The predicted molar refractivity (Wildman–Crippen MR) is 79.8 cm³/mol. The minimum atomic E-state index is 1.04. The molecule has 0 aliphatic heterocycles. The van der Waals surface area contributed by atoms with E-state index in [1.165, 1.54) is 16.7 Å². The molecule has 3 aromatic rings. The van der Waals surface area contributed by atoms with Gasteiger partial charge in [0.05, 0.1) is 5.69 Å². The van der Waals surface area contributed by atoms with E-state index in [1.54, 1.807) is 0 Å². The smallest absolute Gasteiger partial charge is 0.0780 e. The number of benzene rings is 2. The lowest BCUT2D eigenvalue weighted by molar-refractivity contribution is 1.32. The third-order valence-corrected chi connectivity index (χ3v) is 3.29. The average molecular weight is 245 g/mol. The van der Waals surface area contributed by atoms with Crippen LogP contribution >= 0.6 is 0 Å². The molecule has 0 bridgehead atoms. The van der Waals surface area contributed by atoms with Crippen LogP contribution < -0.4 is 0 Å². The molecule has 0 amide bonds. The lowest BCUT2D eigenvalue weighted by Crippen LogP contribution is -1.90. The number of pyridine rings is 1. The monoisotopic (exact) mass is 245 g/mol. The molecule has 0 saturated carbocycles. The Morgan fingerprint density at radius 2 is 1.37 bits per heavy atom. The molecule has 0 aliphatic carbocycles. The van der Waals surface area contributed by atoms with Gasteiger partial charge >= 0.3 is 0 Å². The Kier molecular flexibility index (Phi) is 3.11. The molecule has 0 spiro atoms. The first kappa shape index (κ1) is 11.7. The largest absolute Gasteiger partial charge is 0.256 e. The number of nitrogens with zero attached hydrogens (tertiary/aromatic N) is 1. The Hall–Kier alpha value is -2.41. The Bertz CT molecular complexity index is 687. The number of hydrogen-bond acceptors (Lipinski definition) is 1. The van der Waals surface area contributed by atoms with Gasteiger partial charge < -0.3 is 0 Å². The first-order chi connectivity index (χ1) is 9.36. The van der Waals surface area contributed by atoms with Gasteiger partial charge in [-0.3, -0.25) is 4.98 Å². The SMILES string of the molecule is Cc1ccccc1-c1cccnc1-c1ccccc1. The predicted octanol–water partition coefficient (Wildman–Crippen LogP) is 4.72. The summed E-state index contributed by atoms with van der Waals surface area (Å²) >= 11 is 0. The van der Waals surface area contributed by atoms with Crippen molar-refractivity contribution in [3.8, 4) is 22.4 Å². The zero-order valence-electron chi connectivity index (χ0n) is 10.9. The summed E-state index contributed by atoms with van der Waals surface area (Å²) in [5, 5.41) is 0. The van der Waals surface area contributed by atoms with E-state index in [0.29, 0.717) is 0 Å². The summed E-state index contributed by atoms with van der Waals surface area (Å²) in [6.07, 6.45) is 1.85. The van der Waals surface area contributed by atoms with Crippen molar-refractivity contribution in [2.75, 3.05) is 0 Å². The van der Waals surface area contributed by atoms with Gasteiger partial charge in [-0.2, -0.15) is 0 Å². The first-order valence-corrected chi connectivity index (χ1v) is 6.43. The molecule has 0 saturated heterocycles. The van der Waals surface area contributed by atoms with Crippen LogP contribution in [0.4, 0.5) is 0 Å². The molecule has 2 aromatic carbocycles. The number of rotatable bonds is 2. The molecule has 0 N–H and O–H groups in total. The fourth-order valence-electron chi connectivity index (χ4n) is 2.32. The van der Waals surface area contributed by atoms with Gasteiger partial charge in [-0.05, 0) is 24.1 Å². The molecule has 92 valence electrons. The van der Waals surface area contributed by atoms with Gasteiger partial charge in [0, 0.05) is 17.3 Å². The molecule has 3 rings (SSSR count). The quantitative estimate of drug-likeness (QED) is 0.636. The van der Waals surface area contributed by atoms with Crippen molar-refractivity contribution in [3.63, 3.8) is 0 Å². The van der Waals surface area contributed by atoms with Crippen LogP contribution in [-0.2, 0) is 0 Å². The molecule has 1 nitrogen and oxygen atoms in total. The normalized spacial score (nSPS) is 10.4. The van der Waals surface area contributed by atoms with Gasteiger partial charge in [-0.1, -0.05) is 60.7 Å². The van der Waals surface area contributed by atoms with E-state index in [4.69, 9.17) is 0 Å².